The topological polar surface area (TPSA) is 0 Å². The van der Waals surface area contributed by atoms with Gasteiger partial charge in [0.1, 0.15) is 0 Å². The Balaban J connectivity index is 3.53. The predicted octanol–water partition coefficient (Wildman–Crippen LogP) is 3.02. The van der Waals surface area contributed by atoms with Gasteiger partial charge in [0.15, 0.2) is 0 Å². The molecule has 0 aliphatic carbocycles. The van der Waals surface area contributed by atoms with Crippen molar-refractivity contribution < 1.29 is 0 Å². The largest absolute Gasteiger partial charge is 0.103 e. The van der Waals surface area contributed by atoms with Gasteiger partial charge in [-0.1, -0.05) is 42.5 Å². The van der Waals surface area contributed by atoms with E-state index >= 15 is 0 Å². The Morgan fingerprint density at radius 1 is 1.62 bits per heavy atom. The molecule has 0 bridgehead atoms. The fourth-order valence-corrected chi connectivity index (χ4v) is 0.757. The molecule has 1 heteroatoms. The van der Waals surface area contributed by atoms with E-state index in [1.807, 2.05) is 6.08 Å². The second kappa shape index (κ2) is 3.49. The average molecular weight is 224 g/mol. The van der Waals surface area contributed by atoms with Crippen LogP contribution < -0.4 is 0 Å². The van der Waals surface area contributed by atoms with Crippen molar-refractivity contribution >= 4 is 22.6 Å². The van der Waals surface area contributed by atoms with Gasteiger partial charge in [0.2, 0.25) is 0 Å². The van der Waals surface area contributed by atoms with Crippen molar-refractivity contribution in [3.63, 3.8) is 0 Å². The summed E-state index contributed by atoms with van der Waals surface area (Å²) in [5.41, 5.74) is 0.461. The van der Waals surface area contributed by atoms with E-state index < -0.39 is 0 Å². The monoisotopic (exact) mass is 224 g/mol. The van der Waals surface area contributed by atoms with Crippen molar-refractivity contribution in [2.75, 3.05) is 4.43 Å². The van der Waals surface area contributed by atoms with Gasteiger partial charge < -0.3 is 0 Å². The van der Waals surface area contributed by atoms with Crippen LogP contribution >= 0.6 is 22.6 Å². The first-order valence-corrected chi connectivity index (χ1v) is 4.32. The van der Waals surface area contributed by atoms with Gasteiger partial charge in [0, 0.05) is 4.43 Å². The van der Waals surface area contributed by atoms with Gasteiger partial charge in [-0.3, -0.25) is 0 Å². The van der Waals surface area contributed by atoms with Crippen LogP contribution in [0, 0.1) is 5.41 Å². The molecule has 0 aromatic rings. The summed E-state index contributed by atoms with van der Waals surface area (Å²) < 4.78 is 1.21. The van der Waals surface area contributed by atoms with E-state index in [0.29, 0.717) is 5.41 Å². The lowest BCUT2D eigenvalue weighted by Gasteiger charge is -2.18. The van der Waals surface area contributed by atoms with Crippen molar-refractivity contribution in [2.45, 2.75) is 20.3 Å². The molecule has 0 amide bonds. The molecule has 0 aromatic carbocycles. The molecule has 8 heavy (non-hydrogen) atoms. The zero-order valence-corrected chi connectivity index (χ0v) is 7.73. The van der Waals surface area contributed by atoms with Crippen molar-refractivity contribution in [3.8, 4) is 0 Å². The third-order valence-electron chi connectivity index (χ3n) is 1.06. The quantitative estimate of drug-likeness (QED) is 0.392. The number of alkyl halides is 1. The second-order valence-electron chi connectivity index (χ2n) is 2.79. The van der Waals surface area contributed by atoms with E-state index in [9.17, 15) is 0 Å². The molecular weight excluding hydrogens is 211 g/mol. The van der Waals surface area contributed by atoms with Crippen molar-refractivity contribution in [2.24, 2.45) is 5.41 Å². The number of hydrogen-bond donors (Lipinski definition) is 0. The fraction of sp³-hybridized carbons (Fsp3) is 0.714. The Morgan fingerprint density at radius 3 is 2.25 bits per heavy atom. The van der Waals surface area contributed by atoms with Crippen molar-refractivity contribution in [1.29, 1.82) is 0 Å². The van der Waals surface area contributed by atoms with Gasteiger partial charge >= 0.3 is 0 Å². The summed E-state index contributed by atoms with van der Waals surface area (Å²) in [6.07, 6.45) is 3.11. The molecule has 0 aromatic heterocycles. The van der Waals surface area contributed by atoms with Crippen LogP contribution in [0.25, 0.3) is 0 Å². The standard InChI is InChI=1S/C7H13I/c1-4-5-7(2,3)6-8/h4H,1,5-6H2,2-3H3. The third kappa shape index (κ3) is 3.47. The van der Waals surface area contributed by atoms with Crippen LogP contribution in [-0.2, 0) is 0 Å². The maximum atomic E-state index is 3.69. The van der Waals surface area contributed by atoms with Gasteiger partial charge in [0.25, 0.3) is 0 Å². The Bertz CT molecular complexity index is 74.5. The number of rotatable bonds is 3. The van der Waals surface area contributed by atoms with Crippen LogP contribution in [0.15, 0.2) is 12.7 Å². The second-order valence-corrected chi connectivity index (χ2v) is 3.55. The summed E-state index contributed by atoms with van der Waals surface area (Å²) in [7, 11) is 0. The van der Waals surface area contributed by atoms with Gasteiger partial charge in [-0.05, 0) is 11.8 Å². The lowest BCUT2D eigenvalue weighted by atomic mass is 9.93. The normalized spacial score (nSPS) is 11.4. The van der Waals surface area contributed by atoms with Crippen LogP contribution in [0.3, 0.4) is 0 Å². The summed E-state index contributed by atoms with van der Waals surface area (Å²) in [6.45, 7) is 8.19. The zero-order valence-electron chi connectivity index (χ0n) is 5.58. The van der Waals surface area contributed by atoms with Crippen LogP contribution in [-0.4, -0.2) is 4.43 Å². The summed E-state index contributed by atoms with van der Waals surface area (Å²) in [6, 6.07) is 0. The smallest absolute Gasteiger partial charge is 0.00496 e. The number of halogens is 1. The van der Waals surface area contributed by atoms with Gasteiger partial charge in [-0.2, -0.15) is 0 Å². The van der Waals surface area contributed by atoms with Gasteiger partial charge in [-0.15, -0.1) is 6.58 Å². The molecular formula is C7H13I. The Morgan fingerprint density at radius 2 is 2.12 bits per heavy atom. The molecule has 0 saturated carbocycles. The van der Waals surface area contributed by atoms with E-state index in [0.717, 1.165) is 6.42 Å². The maximum Gasteiger partial charge on any atom is 0.00496 e. The minimum absolute atomic E-state index is 0.461. The van der Waals surface area contributed by atoms with E-state index in [-0.39, 0.29) is 0 Å². The molecule has 0 unspecified atom stereocenters. The van der Waals surface area contributed by atoms with Crippen molar-refractivity contribution in [3.05, 3.63) is 12.7 Å². The molecule has 0 rings (SSSR count). The molecule has 0 radical (unpaired) electrons. The van der Waals surface area contributed by atoms with Crippen LogP contribution in [0.1, 0.15) is 20.3 Å². The van der Waals surface area contributed by atoms with Crippen LogP contribution in [0.5, 0.6) is 0 Å². The highest BCUT2D eigenvalue weighted by atomic mass is 127. The predicted molar refractivity (Wildman–Crippen MR) is 47.5 cm³/mol. The molecule has 0 atom stereocenters. The lowest BCUT2D eigenvalue weighted by Crippen LogP contribution is -2.10. The molecule has 0 N–H and O–H groups in total. The van der Waals surface area contributed by atoms with E-state index in [1.54, 1.807) is 0 Å². The molecule has 0 saturated heterocycles. The highest BCUT2D eigenvalue weighted by Crippen LogP contribution is 2.22. The molecule has 0 heterocycles. The highest BCUT2D eigenvalue weighted by Gasteiger charge is 2.12. The molecule has 0 fully saturated rings. The molecule has 48 valence electrons. The lowest BCUT2D eigenvalue weighted by molar-refractivity contribution is 0.439. The highest BCUT2D eigenvalue weighted by molar-refractivity contribution is 14.1. The minimum Gasteiger partial charge on any atom is -0.103 e. The SMILES string of the molecule is C=CCC(C)(C)CI. The third-order valence-corrected chi connectivity index (χ3v) is 3.12. The first kappa shape index (κ1) is 8.47. The molecule has 0 aliphatic heterocycles. The number of allylic oxidation sites excluding steroid dienone is 1. The van der Waals surface area contributed by atoms with Gasteiger partial charge in [-0.25, -0.2) is 0 Å². The maximum absolute atomic E-state index is 3.69. The first-order valence-electron chi connectivity index (χ1n) is 2.79. The first-order chi connectivity index (χ1) is 3.62. The molecule has 0 nitrogen and oxygen atoms in total. The van der Waals surface area contributed by atoms with E-state index in [4.69, 9.17) is 0 Å². The van der Waals surface area contributed by atoms with Crippen molar-refractivity contribution in [1.82, 2.24) is 0 Å². The summed E-state index contributed by atoms with van der Waals surface area (Å²) >= 11 is 2.41. The Labute approximate surface area is 65.5 Å². The van der Waals surface area contributed by atoms with Crippen LogP contribution in [0.4, 0.5) is 0 Å². The number of hydrogen-bond acceptors (Lipinski definition) is 0. The van der Waals surface area contributed by atoms with Gasteiger partial charge in [0.05, 0.1) is 0 Å². The zero-order chi connectivity index (χ0) is 6.62. The molecule has 0 spiro atoms. The molecule has 0 aliphatic rings. The summed E-state index contributed by atoms with van der Waals surface area (Å²) in [5, 5.41) is 0. The fourth-order valence-electron chi connectivity index (χ4n) is 0.445. The summed E-state index contributed by atoms with van der Waals surface area (Å²) in [5.74, 6) is 0. The summed E-state index contributed by atoms with van der Waals surface area (Å²) in [4.78, 5) is 0. The Hall–Kier alpha value is 0.470. The van der Waals surface area contributed by atoms with Crippen LogP contribution in [0.2, 0.25) is 0 Å². The Kier molecular flexibility index (Phi) is 3.69. The van der Waals surface area contributed by atoms with E-state index in [1.165, 1.54) is 4.43 Å². The van der Waals surface area contributed by atoms with E-state index in [2.05, 4.69) is 43.0 Å². The average Bonchev–Trinajstić information content (AvgIpc) is 1.67. The minimum atomic E-state index is 0.461.